The number of rotatable bonds is 7. The summed E-state index contributed by atoms with van der Waals surface area (Å²) < 4.78 is 4.29. The number of hydrogen-bond acceptors (Lipinski definition) is 5. The van der Waals surface area contributed by atoms with Gasteiger partial charge in [0.15, 0.2) is 0 Å². The molecule has 0 spiro atoms. The minimum atomic E-state index is -1.08. The lowest BCUT2D eigenvalue weighted by molar-refractivity contribution is -0.137. The summed E-state index contributed by atoms with van der Waals surface area (Å²) in [5, 5.41) is 2.68. The number of hydrogen-bond donors (Lipinski definition) is 2. The van der Waals surface area contributed by atoms with E-state index < -0.39 is 23.6 Å². The van der Waals surface area contributed by atoms with E-state index >= 15 is 0 Å². The van der Waals surface area contributed by atoms with Crippen molar-refractivity contribution in [1.82, 2.24) is 9.69 Å². The van der Waals surface area contributed by atoms with Gasteiger partial charge < -0.3 is 11.1 Å². The van der Waals surface area contributed by atoms with E-state index in [1.165, 1.54) is 11.5 Å². The van der Waals surface area contributed by atoms with Gasteiger partial charge >= 0.3 is 0 Å². The van der Waals surface area contributed by atoms with Crippen LogP contribution >= 0.6 is 11.5 Å². The van der Waals surface area contributed by atoms with E-state index in [-0.39, 0.29) is 6.42 Å². The number of nitrogens with zero attached hydrogens (tertiary/aromatic N) is 1. The van der Waals surface area contributed by atoms with Gasteiger partial charge in [0, 0.05) is 6.42 Å². The number of carbonyl (C=O) groups is 3. The third-order valence-electron chi connectivity index (χ3n) is 4.27. The fourth-order valence-corrected chi connectivity index (χ4v) is 3.78. The van der Waals surface area contributed by atoms with Crippen LogP contribution in [0, 0.1) is 6.92 Å². The molecule has 1 atom stereocenters. The molecule has 0 fully saturated rings. The van der Waals surface area contributed by atoms with E-state index in [1.54, 1.807) is 6.92 Å². The first kappa shape index (κ1) is 19.4. The third-order valence-corrected chi connectivity index (χ3v) is 5.26. The van der Waals surface area contributed by atoms with E-state index in [0.717, 1.165) is 11.1 Å². The van der Waals surface area contributed by atoms with Crippen molar-refractivity contribution in [2.24, 2.45) is 5.73 Å². The summed E-state index contributed by atoms with van der Waals surface area (Å²) in [5.41, 5.74) is 7.81. The Labute approximate surface area is 166 Å². The molecule has 2 amide bonds. The normalized spacial score (nSPS) is 11.6. The highest BCUT2D eigenvalue weighted by Gasteiger charge is 2.28. The second-order valence-corrected chi connectivity index (χ2v) is 7.06. The Hall–Kier alpha value is -3.32. The van der Waals surface area contributed by atoms with E-state index in [2.05, 4.69) is 9.69 Å². The van der Waals surface area contributed by atoms with E-state index in [0.29, 0.717) is 16.1 Å². The molecule has 0 saturated heterocycles. The molecule has 0 saturated carbocycles. The summed E-state index contributed by atoms with van der Waals surface area (Å²) in [6, 6.07) is 17.5. The Balaban J connectivity index is 1.89. The number of benzene rings is 2. The van der Waals surface area contributed by atoms with Gasteiger partial charge in [-0.25, -0.2) is 0 Å². The molecule has 7 heteroatoms. The van der Waals surface area contributed by atoms with E-state index in [9.17, 15) is 14.4 Å². The zero-order valence-electron chi connectivity index (χ0n) is 15.2. The predicted octanol–water partition coefficient (Wildman–Crippen LogP) is 2.51. The largest absolute Gasteiger partial charge is 0.363 e. The first-order chi connectivity index (χ1) is 13.5. The lowest BCUT2D eigenvalue weighted by atomic mass is 10.0. The van der Waals surface area contributed by atoms with Crippen LogP contribution < -0.4 is 11.1 Å². The van der Waals surface area contributed by atoms with Crippen LogP contribution in [0.15, 0.2) is 60.7 Å². The molecule has 3 aromatic rings. The van der Waals surface area contributed by atoms with Gasteiger partial charge in [-0.3, -0.25) is 14.4 Å². The first-order valence-electron chi connectivity index (χ1n) is 8.67. The van der Waals surface area contributed by atoms with Crippen molar-refractivity contribution in [3.63, 3.8) is 0 Å². The van der Waals surface area contributed by atoms with Crippen LogP contribution in [-0.4, -0.2) is 28.0 Å². The number of ketones is 1. The fraction of sp³-hybridized carbons (Fsp3) is 0.143. The SMILES string of the molecule is Cc1nsc(-c2ccccc2)c1C(=O)NC(Cc1ccccc1)C(=O)C(N)=O. The zero-order chi connectivity index (χ0) is 20.1. The minimum Gasteiger partial charge on any atom is -0.363 e. The van der Waals surface area contributed by atoms with Gasteiger partial charge in [0.1, 0.15) is 6.04 Å². The highest BCUT2D eigenvalue weighted by atomic mass is 32.1. The molecule has 3 rings (SSSR count). The second kappa shape index (κ2) is 8.58. The first-order valence-corrected chi connectivity index (χ1v) is 9.45. The van der Waals surface area contributed by atoms with Gasteiger partial charge in [0.25, 0.3) is 11.8 Å². The van der Waals surface area contributed by atoms with Crippen LogP contribution in [0.5, 0.6) is 0 Å². The van der Waals surface area contributed by atoms with Crippen molar-refractivity contribution in [2.45, 2.75) is 19.4 Å². The van der Waals surface area contributed by atoms with Crippen LogP contribution in [0.4, 0.5) is 0 Å². The maximum atomic E-state index is 13.0. The average Bonchev–Trinajstić information content (AvgIpc) is 3.10. The van der Waals surface area contributed by atoms with Crippen molar-refractivity contribution in [1.29, 1.82) is 0 Å². The molecule has 3 N–H and O–H groups in total. The second-order valence-electron chi connectivity index (χ2n) is 6.28. The van der Waals surface area contributed by atoms with Gasteiger partial charge in [0.05, 0.1) is 16.1 Å². The minimum absolute atomic E-state index is 0.172. The Morgan fingerprint density at radius 1 is 1.04 bits per heavy atom. The highest BCUT2D eigenvalue weighted by Crippen LogP contribution is 2.30. The summed E-state index contributed by atoms with van der Waals surface area (Å²) >= 11 is 1.22. The molecule has 1 heterocycles. The standard InChI is InChI=1S/C21H19N3O3S/c1-13-17(19(28-24-13)15-10-6-3-7-11-15)21(27)23-16(18(25)20(22)26)12-14-8-4-2-5-9-14/h2-11,16H,12H2,1H3,(H2,22,26)(H,23,27). The van der Waals surface area contributed by atoms with Crippen molar-refractivity contribution in [3.05, 3.63) is 77.5 Å². The van der Waals surface area contributed by atoms with Crippen LogP contribution in [0.3, 0.4) is 0 Å². The maximum absolute atomic E-state index is 13.0. The lowest BCUT2D eigenvalue weighted by Crippen LogP contribution is -2.47. The number of aromatic nitrogens is 1. The number of nitrogens with two attached hydrogens (primary N) is 1. The van der Waals surface area contributed by atoms with Crippen LogP contribution in [0.2, 0.25) is 0 Å². The van der Waals surface area contributed by atoms with Crippen molar-refractivity contribution >= 4 is 29.1 Å². The maximum Gasteiger partial charge on any atom is 0.287 e. The van der Waals surface area contributed by atoms with Gasteiger partial charge in [-0.15, -0.1) is 0 Å². The lowest BCUT2D eigenvalue weighted by Gasteiger charge is -2.17. The van der Waals surface area contributed by atoms with Gasteiger partial charge in [-0.2, -0.15) is 4.37 Å². The molecule has 0 aliphatic carbocycles. The van der Waals surface area contributed by atoms with Crippen LogP contribution in [-0.2, 0) is 16.0 Å². The smallest absolute Gasteiger partial charge is 0.287 e. The molecular weight excluding hydrogens is 374 g/mol. The summed E-state index contributed by atoms with van der Waals surface area (Å²) in [6.07, 6.45) is 0.172. The van der Waals surface area contributed by atoms with Gasteiger partial charge in [0.2, 0.25) is 5.78 Å². The molecular formula is C21H19N3O3S. The summed E-state index contributed by atoms with van der Waals surface area (Å²) in [7, 11) is 0. The van der Waals surface area contributed by atoms with Crippen LogP contribution in [0.25, 0.3) is 10.4 Å². The number of aryl methyl sites for hydroxylation is 1. The number of primary amides is 1. The Morgan fingerprint density at radius 2 is 1.64 bits per heavy atom. The molecule has 0 bridgehead atoms. The van der Waals surface area contributed by atoms with E-state index in [4.69, 9.17) is 5.73 Å². The predicted molar refractivity (Wildman–Crippen MR) is 108 cm³/mol. The van der Waals surface area contributed by atoms with Crippen molar-refractivity contribution in [2.75, 3.05) is 0 Å². The Bertz CT molecular complexity index is 1000. The van der Waals surface area contributed by atoms with E-state index in [1.807, 2.05) is 60.7 Å². The molecule has 2 aromatic carbocycles. The highest BCUT2D eigenvalue weighted by molar-refractivity contribution is 7.10. The Kier molecular flexibility index (Phi) is 5.96. The topological polar surface area (TPSA) is 102 Å². The molecule has 28 heavy (non-hydrogen) atoms. The van der Waals surface area contributed by atoms with Crippen molar-refractivity contribution in [3.8, 4) is 10.4 Å². The number of Topliss-reactive ketones (excluding diaryl/α,β-unsaturated/α-hetero) is 1. The van der Waals surface area contributed by atoms with Gasteiger partial charge in [-0.05, 0) is 29.6 Å². The van der Waals surface area contributed by atoms with Crippen LogP contribution in [0.1, 0.15) is 21.6 Å². The number of carbonyl (C=O) groups excluding carboxylic acids is 3. The summed E-state index contributed by atoms with van der Waals surface area (Å²) in [4.78, 5) is 37.5. The molecule has 6 nitrogen and oxygen atoms in total. The molecule has 0 radical (unpaired) electrons. The molecule has 142 valence electrons. The van der Waals surface area contributed by atoms with Crippen molar-refractivity contribution < 1.29 is 14.4 Å². The monoisotopic (exact) mass is 393 g/mol. The molecule has 1 unspecified atom stereocenters. The summed E-state index contributed by atoms with van der Waals surface area (Å²) in [5.74, 6) is -2.37. The fourth-order valence-electron chi connectivity index (χ4n) is 2.88. The molecule has 0 aliphatic heterocycles. The third kappa shape index (κ3) is 4.32. The van der Waals surface area contributed by atoms with Gasteiger partial charge in [-0.1, -0.05) is 60.7 Å². The number of amides is 2. The molecule has 1 aromatic heterocycles. The quantitative estimate of drug-likeness (QED) is 0.602. The summed E-state index contributed by atoms with van der Waals surface area (Å²) in [6.45, 7) is 1.74. The zero-order valence-corrected chi connectivity index (χ0v) is 16.0. The Morgan fingerprint density at radius 3 is 2.25 bits per heavy atom. The average molecular weight is 393 g/mol. The number of nitrogens with one attached hydrogen (secondary N) is 1. The molecule has 0 aliphatic rings.